The number of rotatable bonds is 10. The number of anilines is 3. The van der Waals surface area contributed by atoms with Crippen molar-refractivity contribution in [1.29, 1.82) is 0 Å². The number of thioether (sulfide) groups is 1. The molecule has 0 bridgehead atoms. The van der Waals surface area contributed by atoms with E-state index in [1.165, 1.54) is 23.8 Å². The van der Waals surface area contributed by atoms with E-state index in [1.54, 1.807) is 36.4 Å². The van der Waals surface area contributed by atoms with E-state index in [1.807, 2.05) is 62.3 Å². The summed E-state index contributed by atoms with van der Waals surface area (Å²) in [5.41, 5.74) is 3.05. The Morgan fingerprint density at radius 2 is 1.77 bits per heavy atom. The van der Waals surface area contributed by atoms with Gasteiger partial charge in [0.1, 0.15) is 5.75 Å². The third kappa shape index (κ3) is 6.71. The summed E-state index contributed by atoms with van der Waals surface area (Å²) >= 11 is 6.74. The molecular formula is C29H29N3O5S2. The Morgan fingerprint density at radius 3 is 2.46 bits per heavy atom. The number of hydrogen-bond donors (Lipinski definition) is 1. The highest BCUT2D eigenvalue weighted by Gasteiger charge is 2.33. The van der Waals surface area contributed by atoms with Crippen LogP contribution in [0.2, 0.25) is 0 Å². The van der Waals surface area contributed by atoms with E-state index in [9.17, 15) is 9.59 Å². The number of benzene rings is 3. The maximum absolute atomic E-state index is 13.2. The van der Waals surface area contributed by atoms with Crippen LogP contribution < -0.4 is 29.3 Å². The van der Waals surface area contributed by atoms with Crippen molar-refractivity contribution < 1.29 is 23.8 Å². The van der Waals surface area contributed by atoms with Gasteiger partial charge >= 0.3 is 0 Å². The number of nitrogens with zero attached hydrogens (tertiary/aromatic N) is 2. The van der Waals surface area contributed by atoms with Gasteiger partial charge in [0.2, 0.25) is 0 Å². The van der Waals surface area contributed by atoms with Crippen LogP contribution >= 0.6 is 24.0 Å². The van der Waals surface area contributed by atoms with Crippen LogP contribution in [0.4, 0.5) is 17.1 Å². The van der Waals surface area contributed by atoms with Gasteiger partial charge in [0.25, 0.3) is 11.8 Å². The summed E-state index contributed by atoms with van der Waals surface area (Å²) in [5, 5.41) is 2.80. The number of carbonyl (C=O) groups excluding carboxylic acids is 2. The average molecular weight is 564 g/mol. The monoisotopic (exact) mass is 563 g/mol. The van der Waals surface area contributed by atoms with Gasteiger partial charge in [-0.3, -0.25) is 14.5 Å². The van der Waals surface area contributed by atoms with Gasteiger partial charge in [0, 0.05) is 19.8 Å². The van der Waals surface area contributed by atoms with Gasteiger partial charge in [0.15, 0.2) is 22.4 Å². The zero-order valence-electron chi connectivity index (χ0n) is 22.1. The van der Waals surface area contributed by atoms with E-state index in [4.69, 9.17) is 26.4 Å². The summed E-state index contributed by atoms with van der Waals surface area (Å²) in [6, 6.07) is 20.1. The molecule has 39 heavy (non-hydrogen) atoms. The maximum atomic E-state index is 13.2. The van der Waals surface area contributed by atoms with Crippen LogP contribution in [0, 0.1) is 0 Å². The molecule has 3 aromatic rings. The molecule has 10 heteroatoms. The van der Waals surface area contributed by atoms with Crippen molar-refractivity contribution in [2.75, 3.05) is 49.5 Å². The summed E-state index contributed by atoms with van der Waals surface area (Å²) in [5.74, 6) is 0.894. The van der Waals surface area contributed by atoms with E-state index in [-0.39, 0.29) is 18.4 Å². The molecule has 1 N–H and O–H groups in total. The third-order valence-electron chi connectivity index (χ3n) is 5.72. The second-order valence-electron chi connectivity index (χ2n) is 8.60. The van der Waals surface area contributed by atoms with Crippen molar-refractivity contribution in [1.82, 2.24) is 0 Å². The Balaban J connectivity index is 1.44. The number of carbonyl (C=O) groups is 2. The Bertz CT molecular complexity index is 1410. The fourth-order valence-corrected chi connectivity index (χ4v) is 5.11. The molecule has 1 saturated heterocycles. The van der Waals surface area contributed by atoms with Crippen molar-refractivity contribution in [2.24, 2.45) is 0 Å². The number of nitrogens with one attached hydrogen (secondary N) is 1. The van der Waals surface area contributed by atoms with Crippen molar-refractivity contribution in [3.63, 3.8) is 0 Å². The van der Waals surface area contributed by atoms with Crippen molar-refractivity contribution in [3.05, 3.63) is 77.2 Å². The van der Waals surface area contributed by atoms with Gasteiger partial charge < -0.3 is 24.4 Å². The molecule has 2 amide bonds. The van der Waals surface area contributed by atoms with Crippen LogP contribution in [0.1, 0.15) is 12.5 Å². The minimum Gasteiger partial charge on any atom is -0.493 e. The summed E-state index contributed by atoms with van der Waals surface area (Å²) in [4.78, 5) is 29.7. The first kappa shape index (κ1) is 28.0. The molecular weight excluding hydrogens is 534 g/mol. The molecule has 0 unspecified atom stereocenters. The van der Waals surface area contributed by atoms with Crippen LogP contribution in [-0.4, -0.2) is 50.6 Å². The molecule has 1 aliphatic rings. The lowest BCUT2D eigenvalue weighted by Gasteiger charge is -2.17. The predicted octanol–water partition coefficient (Wildman–Crippen LogP) is 5.58. The second kappa shape index (κ2) is 12.7. The summed E-state index contributed by atoms with van der Waals surface area (Å²) in [6.45, 7) is 2.14. The van der Waals surface area contributed by atoms with Gasteiger partial charge in [-0.25, -0.2) is 0 Å². The van der Waals surface area contributed by atoms with E-state index in [0.29, 0.717) is 38.8 Å². The molecule has 0 atom stereocenters. The maximum Gasteiger partial charge on any atom is 0.270 e. The molecule has 1 heterocycles. The van der Waals surface area contributed by atoms with Crippen LogP contribution in [0.15, 0.2) is 71.6 Å². The summed E-state index contributed by atoms with van der Waals surface area (Å²) in [6.07, 6.45) is 1.76. The lowest BCUT2D eigenvalue weighted by molar-refractivity contribution is -0.118. The molecule has 0 saturated carbocycles. The lowest BCUT2D eigenvalue weighted by atomic mass is 10.1. The number of para-hydroxylation sites is 2. The number of hydrogen-bond acceptors (Lipinski definition) is 8. The largest absolute Gasteiger partial charge is 0.493 e. The number of amides is 2. The summed E-state index contributed by atoms with van der Waals surface area (Å²) < 4.78 is 17.2. The first-order valence-electron chi connectivity index (χ1n) is 12.2. The molecule has 0 radical (unpaired) electrons. The van der Waals surface area contributed by atoms with Crippen LogP contribution in [0.25, 0.3) is 6.08 Å². The topological polar surface area (TPSA) is 80.3 Å². The molecule has 0 spiro atoms. The number of methoxy groups -OCH3 is 1. The lowest BCUT2D eigenvalue weighted by Crippen LogP contribution is -2.27. The van der Waals surface area contributed by atoms with Crippen LogP contribution in [-0.2, 0) is 9.59 Å². The van der Waals surface area contributed by atoms with Crippen LogP contribution in [0.3, 0.4) is 0 Å². The smallest absolute Gasteiger partial charge is 0.270 e. The molecule has 3 aromatic carbocycles. The Hall–Kier alpha value is -4.02. The van der Waals surface area contributed by atoms with Gasteiger partial charge in [-0.2, -0.15) is 0 Å². The fourth-order valence-electron chi connectivity index (χ4n) is 3.82. The normalized spacial score (nSPS) is 13.9. The molecule has 4 rings (SSSR count). The van der Waals surface area contributed by atoms with Crippen molar-refractivity contribution in [2.45, 2.75) is 6.92 Å². The van der Waals surface area contributed by atoms with Gasteiger partial charge in [0.05, 0.1) is 30.0 Å². The highest BCUT2D eigenvalue weighted by molar-refractivity contribution is 8.27. The predicted molar refractivity (Wildman–Crippen MR) is 161 cm³/mol. The Kier molecular flexibility index (Phi) is 9.11. The van der Waals surface area contributed by atoms with E-state index in [2.05, 4.69) is 5.32 Å². The zero-order valence-corrected chi connectivity index (χ0v) is 23.7. The Labute approximate surface area is 237 Å². The average Bonchev–Trinajstić information content (AvgIpc) is 3.21. The standard InChI is InChI=1S/C29H29N3O5S2/c1-5-36-23-9-7-6-8-22(23)30-27(33)18-37-24-15-10-19(16-25(24)35-4)17-26-28(34)32(29(38)39-26)21-13-11-20(12-14-21)31(2)3/h6-17H,5,18H2,1-4H3,(H,30,33)/b26-17+. The first-order chi connectivity index (χ1) is 18.8. The van der Waals surface area contributed by atoms with Crippen LogP contribution in [0.5, 0.6) is 17.2 Å². The SMILES string of the molecule is CCOc1ccccc1NC(=O)COc1ccc(/C=C2/SC(=S)N(c3ccc(N(C)C)cc3)C2=O)cc1OC. The van der Waals surface area contributed by atoms with Gasteiger partial charge in [-0.15, -0.1) is 0 Å². The summed E-state index contributed by atoms with van der Waals surface area (Å²) in [7, 11) is 5.43. The second-order valence-corrected chi connectivity index (χ2v) is 10.3. The van der Waals surface area contributed by atoms with E-state index in [0.717, 1.165) is 16.9 Å². The number of ether oxygens (including phenoxy) is 3. The molecule has 1 aliphatic heterocycles. The molecule has 0 aliphatic carbocycles. The quantitative estimate of drug-likeness (QED) is 0.253. The highest BCUT2D eigenvalue weighted by Crippen LogP contribution is 2.37. The zero-order chi connectivity index (χ0) is 27.9. The minimum absolute atomic E-state index is 0.189. The van der Waals surface area contributed by atoms with Gasteiger partial charge in [-0.05, 0) is 67.1 Å². The minimum atomic E-state index is -0.337. The molecule has 8 nitrogen and oxygen atoms in total. The third-order valence-corrected chi connectivity index (χ3v) is 7.03. The molecule has 0 aromatic heterocycles. The molecule has 1 fully saturated rings. The van der Waals surface area contributed by atoms with Gasteiger partial charge in [-0.1, -0.05) is 42.2 Å². The Morgan fingerprint density at radius 1 is 1.03 bits per heavy atom. The van der Waals surface area contributed by atoms with Crippen molar-refractivity contribution >= 4 is 63.3 Å². The van der Waals surface area contributed by atoms with E-state index < -0.39 is 0 Å². The van der Waals surface area contributed by atoms with E-state index >= 15 is 0 Å². The number of thiocarbonyl (C=S) groups is 1. The fraction of sp³-hybridized carbons (Fsp3) is 0.207. The molecule has 202 valence electrons. The first-order valence-corrected chi connectivity index (χ1v) is 13.4. The van der Waals surface area contributed by atoms with Crippen molar-refractivity contribution in [3.8, 4) is 17.2 Å². The highest BCUT2D eigenvalue weighted by atomic mass is 32.2.